The van der Waals surface area contributed by atoms with Crippen molar-refractivity contribution in [3.8, 4) is 0 Å². The summed E-state index contributed by atoms with van der Waals surface area (Å²) in [4.78, 5) is 1.00. The summed E-state index contributed by atoms with van der Waals surface area (Å²) in [6.45, 7) is 4.90. The topological polar surface area (TPSA) is 72.2 Å². The van der Waals surface area contributed by atoms with Crippen LogP contribution in [-0.4, -0.2) is 26.5 Å². The molecule has 112 valence electrons. The minimum absolute atomic E-state index is 0.139. The summed E-state index contributed by atoms with van der Waals surface area (Å²) in [5.41, 5.74) is 6.69. The molecule has 1 saturated carbocycles. The van der Waals surface area contributed by atoms with Gasteiger partial charge in [-0.05, 0) is 36.0 Å². The molecule has 1 fully saturated rings. The molecule has 1 aromatic carbocycles. The molecule has 0 spiro atoms. The Bertz CT molecular complexity index is 570. The number of hydrogen-bond donors (Lipinski definition) is 2. The maximum atomic E-state index is 11.9. The van der Waals surface area contributed by atoms with Crippen LogP contribution in [0.25, 0.3) is 0 Å². The molecule has 4 nitrogen and oxygen atoms in total. The third-order valence-corrected chi connectivity index (χ3v) is 6.35. The van der Waals surface area contributed by atoms with Crippen LogP contribution in [0.3, 0.4) is 0 Å². The van der Waals surface area contributed by atoms with E-state index < -0.39 is 10.0 Å². The molecule has 6 heteroatoms. The van der Waals surface area contributed by atoms with Gasteiger partial charge in [-0.15, -0.1) is 11.8 Å². The van der Waals surface area contributed by atoms with Gasteiger partial charge >= 0.3 is 0 Å². The number of thioether (sulfide) groups is 1. The Hall–Kier alpha value is -0.720. The lowest BCUT2D eigenvalue weighted by Gasteiger charge is -2.08. The number of nitrogens with one attached hydrogen (secondary N) is 1. The van der Waals surface area contributed by atoms with Crippen LogP contribution in [0.2, 0.25) is 0 Å². The van der Waals surface area contributed by atoms with E-state index >= 15 is 0 Å². The highest BCUT2D eigenvalue weighted by molar-refractivity contribution is 8.00. The minimum Gasteiger partial charge on any atom is -0.399 e. The third-order valence-electron chi connectivity index (χ3n) is 3.75. The van der Waals surface area contributed by atoms with E-state index in [1.54, 1.807) is 0 Å². The van der Waals surface area contributed by atoms with E-state index in [1.807, 2.05) is 24.3 Å². The molecule has 3 N–H and O–H groups in total. The molecule has 0 aliphatic heterocycles. The zero-order valence-electron chi connectivity index (χ0n) is 11.9. The van der Waals surface area contributed by atoms with Gasteiger partial charge in [0.25, 0.3) is 0 Å². The first-order valence-electron chi connectivity index (χ1n) is 6.74. The summed E-state index contributed by atoms with van der Waals surface area (Å²) in [7, 11) is -3.17. The molecular formula is C14H22N2O2S2. The Balaban J connectivity index is 1.72. The number of benzene rings is 1. The molecule has 0 heterocycles. The van der Waals surface area contributed by atoms with Gasteiger partial charge in [0.15, 0.2) is 0 Å². The largest absolute Gasteiger partial charge is 0.399 e. The first kappa shape index (κ1) is 15.7. The second kappa shape index (κ2) is 5.95. The Kier molecular flexibility index (Phi) is 4.66. The van der Waals surface area contributed by atoms with E-state index in [0.717, 1.165) is 11.3 Å². The van der Waals surface area contributed by atoms with Gasteiger partial charge in [-0.3, -0.25) is 0 Å². The lowest BCUT2D eigenvalue weighted by Crippen LogP contribution is -2.29. The normalized spacial score (nSPS) is 20.8. The van der Waals surface area contributed by atoms with Crippen LogP contribution in [-0.2, 0) is 10.0 Å². The molecule has 0 amide bonds. The molecular weight excluding hydrogens is 292 g/mol. The number of sulfonamides is 1. The second-order valence-corrected chi connectivity index (χ2v) is 9.07. The van der Waals surface area contributed by atoms with Gasteiger partial charge < -0.3 is 5.73 Å². The maximum Gasteiger partial charge on any atom is 0.212 e. The number of nitrogen functional groups attached to an aromatic ring is 1. The Morgan fingerprint density at radius 2 is 2.15 bits per heavy atom. The molecule has 1 aromatic rings. The zero-order chi connectivity index (χ0) is 14.8. The van der Waals surface area contributed by atoms with Crippen molar-refractivity contribution in [2.24, 2.45) is 11.3 Å². The van der Waals surface area contributed by atoms with Crippen molar-refractivity contribution in [1.29, 1.82) is 0 Å². The average molecular weight is 314 g/mol. The predicted molar refractivity (Wildman–Crippen MR) is 85.3 cm³/mol. The molecule has 2 rings (SSSR count). The van der Waals surface area contributed by atoms with Crippen LogP contribution < -0.4 is 10.5 Å². The van der Waals surface area contributed by atoms with Gasteiger partial charge in [-0.1, -0.05) is 19.9 Å². The van der Waals surface area contributed by atoms with Crippen LogP contribution in [0.5, 0.6) is 0 Å². The van der Waals surface area contributed by atoms with Crippen molar-refractivity contribution in [3.05, 3.63) is 24.3 Å². The van der Waals surface area contributed by atoms with Gasteiger partial charge in [0.05, 0.1) is 5.75 Å². The monoisotopic (exact) mass is 314 g/mol. The van der Waals surface area contributed by atoms with Gasteiger partial charge in [-0.2, -0.15) is 0 Å². The van der Waals surface area contributed by atoms with E-state index in [4.69, 9.17) is 5.73 Å². The van der Waals surface area contributed by atoms with E-state index in [0.29, 0.717) is 29.3 Å². The number of anilines is 1. The smallest absolute Gasteiger partial charge is 0.212 e. The van der Waals surface area contributed by atoms with Crippen molar-refractivity contribution < 1.29 is 8.42 Å². The molecule has 0 saturated heterocycles. The van der Waals surface area contributed by atoms with E-state index in [9.17, 15) is 8.42 Å². The highest BCUT2D eigenvalue weighted by atomic mass is 32.2. The first-order chi connectivity index (χ1) is 9.28. The predicted octanol–water partition coefficient (Wildman–Crippen LogP) is 2.33. The fraction of sp³-hybridized carbons (Fsp3) is 0.571. The Morgan fingerprint density at radius 1 is 1.45 bits per heavy atom. The number of nitrogens with two attached hydrogens (primary N) is 1. The molecule has 0 radical (unpaired) electrons. The van der Waals surface area contributed by atoms with Crippen LogP contribution >= 0.6 is 11.8 Å². The van der Waals surface area contributed by atoms with E-state index in [2.05, 4.69) is 18.6 Å². The quantitative estimate of drug-likeness (QED) is 0.598. The van der Waals surface area contributed by atoms with E-state index in [-0.39, 0.29) is 5.75 Å². The Labute approximate surface area is 125 Å². The van der Waals surface area contributed by atoms with Crippen molar-refractivity contribution >= 4 is 27.5 Å². The van der Waals surface area contributed by atoms with Gasteiger partial charge in [0, 0.05) is 22.9 Å². The fourth-order valence-electron chi connectivity index (χ4n) is 2.10. The Morgan fingerprint density at radius 3 is 2.75 bits per heavy atom. The summed E-state index contributed by atoms with van der Waals surface area (Å²) in [6, 6.07) is 7.49. The molecule has 1 unspecified atom stereocenters. The summed E-state index contributed by atoms with van der Waals surface area (Å²) in [6.07, 6.45) is 1.10. The molecule has 1 atom stereocenters. The second-order valence-electron chi connectivity index (χ2n) is 5.98. The van der Waals surface area contributed by atoms with Crippen LogP contribution in [0, 0.1) is 11.3 Å². The summed E-state index contributed by atoms with van der Waals surface area (Å²) >= 11 is 1.51. The van der Waals surface area contributed by atoms with Crippen molar-refractivity contribution in [1.82, 2.24) is 4.72 Å². The third kappa shape index (κ3) is 4.68. The highest BCUT2D eigenvalue weighted by Crippen LogP contribution is 2.51. The standard InChI is InChI=1S/C14H22N2O2S2/c1-14(2)9-11(14)10-16-20(17,18)7-6-19-13-5-3-4-12(15)8-13/h3-5,8,11,16H,6-7,9-10,15H2,1-2H3. The van der Waals surface area contributed by atoms with Crippen molar-refractivity contribution in [2.45, 2.75) is 25.2 Å². The molecule has 0 bridgehead atoms. The zero-order valence-corrected chi connectivity index (χ0v) is 13.6. The minimum atomic E-state index is -3.17. The van der Waals surface area contributed by atoms with Crippen molar-refractivity contribution in [2.75, 3.05) is 23.8 Å². The lowest BCUT2D eigenvalue weighted by atomic mass is 10.1. The SMILES string of the molecule is CC1(C)CC1CNS(=O)(=O)CCSc1cccc(N)c1. The van der Waals surface area contributed by atoms with Crippen LogP contribution in [0.1, 0.15) is 20.3 Å². The van der Waals surface area contributed by atoms with Crippen molar-refractivity contribution in [3.63, 3.8) is 0 Å². The molecule has 20 heavy (non-hydrogen) atoms. The van der Waals surface area contributed by atoms with E-state index in [1.165, 1.54) is 11.8 Å². The summed E-state index contributed by atoms with van der Waals surface area (Å²) in [5.74, 6) is 1.16. The van der Waals surface area contributed by atoms with Gasteiger partial charge in [-0.25, -0.2) is 13.1 Å². The fourth-order valence-corrected chi connectivity index (χ4v) is 4.54. The summed E-state index contributed by atoms with van der Waals surface area (Å²) < 4.78 is 26.5. The van der Waals surface area contributed by atoms with Crippen LogP contribution in [0.15, 0.2) is 29.2 Å². The number of hydrogen-bond acceptors (Lipinski definition) is 4. The highest BCUT2D eigenvalue weighted by Gasteiger charge is 2.45. The molecule has 0 aromatic heterocycles. The maximum absolute atomic E-state index is 11.9. The average Bonchev–Trinajstić information content (AvgIpc) is 2.95. The lowest BCUT2D eigenvalue weighted by molar-refractivity contribution is 0.538. The van der Waals surface area contributed by atoms with Crippen LogP contribution in [0.4, 0.5) is 5.69 Å². The summed E-state index contributed by atoms with van der Waals surface area (Å²) in [5, 5.41) is 0. The van der Waals surface area contributed by atoms with Gasteiger partial charge in [0.2, 0.25) is 10.0 Å². The molecule has 1 aliphatic rings. The number of rotatable bonds is 7. The first-order valence-corrected chi connectivity index (χ1v) is 9.38. The van der Waals surface area contributed by atoms with Gasteiger partial charge in [0.1, 0.15) is 0 Å². The molecule has 1 aliphatic carbocycles.